The Morgan fingerprint density at radius 1 is 1.33 bits per heavy atom. The summed E-state index contributed by atoms with van der Waals surface area (Å²) in [5.41, 5.74) is 0.422. The van der Waals surface area contributed by atoms with E-state index in [0.717, 1.165) is 0 Å². The summed E-state index contributed by atoms with van der Waals surface area (Å²) in [5, 5.41) is 0. The summed E-state index contributed by atoms with van der Waals surface area (Å²) in [6, 6.07) is 8.18. The zero-order valence-electron chi connectivity index (χ0n) is 7.79. The minimum Gasteiger partial charge on any atom is -0.511 e. The van der Waals surface area contributed by atoms with E-state index in [-0.39, 0.29) is 19.5 Å². The van der Waals surface area contributed by atoms with Crippen LogP contribution in [-0.4, -0.2) is 18.9 Å². The topological polar surface area (TPSA) is 83.8 Å². The van der Waals surface area contributed by atoms with Crippen LogP contribution in [-0.2, 0) is 32.9 Å². The van der Waals surface area contributed by atoms with Crippen LogP contribution < -0.4 is 0 Å². The second kappa shape index (κ2) is 7.01. The van der Waals surface area contributed by atoms with Crippen molar-refractivity contribution in [1.29, 1.82) is 0 Å². The van der Waals surface area contributed by atoms with Crippen molar-refractivity contribution in [2.45, 2.75) is 5.85 Å². The maximum atomic E-state index is 10.9. The maximum Gasteiger partial charge on any atom is 0.765 e. The molecule has 0 spiro atoms. The Bertz CT molecular complexity index is 346. The van der Waals surface area contributed by atoms with Gasteiger partial charge in [0, 0.05) is 25.0 Å². The van der Waals surface area contributed by atoms with E-state index in [1.165, 1.54) is 0 Å². The normalized spacial score (nSPS) is 13.4. The summed E-state index contributed by atoms with van der Waals surface area (Å²) >= 11 is 0. The fourth-order valence-corrected chi connectivity index (χ4v) is 2.51. The van der Waals surface area contributed by atoms with Crippen LogP contribution >= 0.6 is 8.03 Å². The number of rotatable bonds is 4. The predicted octanol–water partition coefficient (Wildman–Crippen LogP) is 0.574. The minimum absolute atomic E-state index is 0. The van der Waals surface area contributed by atoms with Crippen molar-refractivity contribution in [3.8, 4) is 0 Å². The molecule has 0 aromatic heterocycles. The predicted molar refractivity (Wildman–Crippen MR) is 50.1 cm³/mol. The van der Waals surface area contributed by atoms with Crippen LogP contribution in [0.4, 0.5) is 0 Å². The molecule has 0 fully saturated rings. The largest absolute Gasteiger partial charge is 0.765 e. The van der Waals surface area contributed by atoms with E-state index in [0.29, 0.717) is 5.56 Å². The van der Waals surface area contributed by atoms with Crippen LogP contribution in [0.1, 0.15) is 11.4 Å². The fraction of sp³-hybridized carbons (Fsp3) is 0.143. The third-order valence-electron chi connectivity index (χ3n) is 1.55. The Labute approximate surface area is 102 Å². The first kappa shape index (κ1) is 14.7. The molecule has 1 rings (SSSR count). The van der Waals surface area contributed by atoms with E-state index in [1.54, 1.807) is 30.3 Å². The van der Waals surface area contributed by atoms with E-state index < -0.39 is 23.0 Å². The van der Waals surface area contributed by atoms with Crippen LogP contribution in [0.15, 0.2) is 30.3 Å². The average molecular weight is 298 g/mol. The molecule has 0 aliphatic carbocycles. The van der Waals surface area contributed by atoms with Gasteiger partial charge in [0.15, 0.2) is 5.85 Å². The van der Waals surface area contributed by atoms with Crippen LogP contribution in [0.2, 0.25) is 0 Å². The third-order valence-corrected chi connectivity index (χ3v) is 3.12. The molecule has 0 aliphatic rings. The maximum absolute atomic E-state index is 10.9. The second-order valence-corrected chi connectivity index (χ2v) is 4.48. The summed E-state index contributed by atoms with van der Waals surface area (Å²) in [6.45, 7) is 0. The van der Waals surface area contributed by atoms with Crippen molar-refractivity contribution in [3.05, 3.63) is 35.9 Å². The van der Waals surface area contributed by atoms with Crippen LogP contribution in [0, 0.1) is 0 Å². The van der Waals surface area contributed by atoms with Gasteiger partial charge < -0.3 is 14.1 Å². The molecule has 0 amide bonds. The molecule has 2 N–H and O–H groups in total. The monoisotopic (exact) mass is 296 g/mol. The molecule has 2 atom stereocenters. The van der Waals surface area contributed by atoms with E-state index in [2.05, 4.69) is 4.43 Å². The van der Waals surface area contributed by atoms with Gasteiger partial charge in [0.1, 0.15) is 0 Å². The van der Waals surface area contributed by atoms with Crippen molar-refractivity contribution in [2.24, 2.45) is 0 Å². The number of hydrogen-bond acceptors (Lipinski definition) is 3. The van der Waals surface area contributed by atoms with E-state index >= 15 is 0 Å². The molecule has 78 valence electrons. The van der Waals surface area contributed by atoms with Crippen molar-refractivity contribution in [2.75, 3.05) is 0 Å². The van der Waals surface area contributed by atoms with Gasteiger partial charge in [0.25, 0.3) is 0 Å². The summed E-state index contributed by atoms with van der Waals surface area (Å²) in [6.07, 6.45) is 0. The third kappa shape index (κ3) is 4.80. The second-order valence-electron chi connectivity index (χ2n) is 2.51. The van der Waals surface area contributed by atoms with Crippen molar-refractivity contribution in [1.82, 2.24) is 0 Å². The smallest absolute Gasteiger partial charge is 0.511 e. The van der Waals surface area contributed by atoms with Gasteiger partial charge in [0.05, 0.1) is 0 Å². The first-order valence-electron chi connectivity index (χ1n) is 3.78. The zero-order valence-corrected chi connectivity index (χ0v) is 12.8. The average Bonchev–Trinajstić information content (AvgIpc) is 2.15. The molecule has 0 radical (unpaired) electrons. The summed E-state index contributed by atoms with van der Waals surface area (Å²) in [5.74, 6) is -1.20. The SMILES string of the molecule is O=[Si](O)OC(c1ccccc1)[PH](=O)O.[Zn]. The van der Waals surface area contributed by atoms with Crippen LogP contribution in [0.25, 0.3) is 0 Å². The van der Waals surface area contributed by atoms with Gasteiger partial charge in [-0.25, -0.2) is 0 Å². The van der Waals surface area contributed by atoms with Gasteiger partial charge >= 0.3 is 9.17 Å². The molecule has 0 bridgehead atoms. The van der Waals surface area contributed by atoms with E-state index in [1.807, 2.05) is 0 Å². The Morgan fingerprint density at radius 3 is 2.27 bits per heavy atom. The van der Waals surface area contributed by atoms with Crippen LogP contribution in [0.5, 0.6) is 0 Å². The van der Waals surface area contributed by atoms with Gasteiger partial charge in [-0.3, -0.25) is 9.03 Å². The Morgan fingerprint density at radius 2 is 1.87 bits per heavy atom. The van der Waals surface area contributed by atoms with Gasteiger partial charge in [-0.15, -0.1) is 0 Å². The molecule has 0 aliphatic heterocycles. The molecule has 8 heteroatoms. The summed E-state index contributed by atoms with van der Waals surface area (Å²) in [7, 11) is -6.24. The van der Waals surface area contributed by atoms with Gasteiger partial charge in [-0.1, -0.05) is 30.3 Å². The van der Waals surface area contributed by atoms with Crippen molar-refractivity contribution >= 4 is 17.2 Å². The standard InChI is InChI=1S/C7H9O5PSi.Zn/c8-13(9)7(12-14(10)11)6-4-2-1-3-5-6;/h1-5,7,10,13H,(H,8,9);. The Hall–Kier alpha value is -0.350. The van der Waals surface area contributed by atoms with Crippen LogP contribution in [0.3, 0.4) is 0 Å². The summed E-state index contributed by atoms with van der Waals surface area (Å²) < 4.78 is 25.8. The molecule has 1 aromatic rings. The first-order chi connectivity index (χ1) is 6.61. The molecule has 0 heterocycles. The molecule has 0 saturated carbocycles. The van der Waals surface area contributed by atoms with E-state index in [4.69, 9.17) is 9.69 Å². The zero-order chi connectivity index (χ0) is 10.6. The van der Waals surface area contributed by atoms with Gasteiger partial charge in [0.2, 0.25) is 8.03 Å². The fourth-order valence-electron chi connectivity index (χ4n) is 0.990. The molecule has 1 aromatic carbocycles. The van der Waals surface area contributed by atoms with Crippen molar-refractivity contribution in [3.63, 3.8) is 0 Å². The number of hydrogen-bond donors (Lipinski definition) is 2. The van der Waals surface area contributed by atoms with E-state index in [9.17, 15) is 9.03 Å². The molecule has 0 saturated heterocycles. The molecule has 15 heavy (non-hydrogen) atoms. The molecular formula is C7H9O5PSiZn. The first-order valence-corrected chi connectivity index (χ1v) is 6.48. The molecular weight excluding hydrogens is 289 g/mol. The number of benzene rings is 1. The quantitative estimate of drug-likeness (QED) is 0.627. The molecule has 2 unspecified atom stereocenters. The molecule has 5 nitrogen and oxygen atoms in total. The Balaban J connectivity index is 0.00000196. The summed E-state index contributed by atoms with van der Waals surface area (Å²) in [4.78, 5) is 17.4. The van der Waals surface area contributed by atoms with Gasteiger partial charge in [-0.05, 0) is 0 Å². The van der Waals surface area contributed by atoms with Gasteiger partial charge in [-0.2, -0.15) is 0 Å². The Kier molecular flexibility index (Phi) is 6.85. The van der Waals surface area contributed by atoms with Crippen molar-refractivity contribution < 1.29 is 42.6 Å². The minimum atomic E-state index is -3.21.